The Morgan fingerprint density at radius 2 is 1.81 bits per heavy atom. The zero-order valence-corrected chi connectivity index (χ0v) is 15.5. The lowest BCUT2D eigenvalue weighted by atomic mass is 10.2. The minimum atomic E-state index is -0.199. The van der Waals surface area contributed by atoms with E-state index in [1.165, 1.54) is 12.8 Å². The van der Waals surface area contributed by atoms with Crippen LogP contribution in [-0.2, 0) is 0 Å². The van der Waals surface area contributed by atoms with Gasteiger partial charge in [-0.15, -0.1) is 0 Å². The lowest BCUT2D eigenvalue weighted by Gasteiger charge is -2.10. The zero-order valence-electron chi connectivity index (χ0n) is 15.5. The van der Waals surface area contributed by atoms with Crippen molar-refractivity contribution in [2.24, 2.45) is 0 Å². The number of aromatic nitrogens is 2. The van der Waals surface area contributed by atoms with Crippen molar-refractivity contribution in [2.45, 2.75) is 32.6 Å². The van der Waals surface area contributed by atoms with Crippen molar-refractivity contribution in [3.05, 3.63) is 36.2 Å². The van der Waals surface area contributed by atoms with Crippen LogP contribution >= 0.6 is 0 Å². The highest BCUT2D eigenvalue weighted by Crippen LogP contribution is 2.27. The van der Waals surface area contributed by atoms with Crippen LogP contribution in [0.5, 0.6) is 11.5 Å². The molecular formula is C19H26N4O3. The topological polar surface area (TPSA) is 85.4 Å². The maximum atomic E-state index is 12.2. The molecule has 140 valence electrons. The summed E-state index contributed by atoms with van der Waals surface area (Å²) in [6.45, 7) is 2.81. The van der Waals surface area contributed by atoms with Crippen LogP contribution in [0.25, 0.3) is 0 Å². The summed E-state index contributed by atoms with van der Waals surface area (Å²) in [5.41, 5.74) is 1.03. The average Bonchev–Trinajstić information content (AvgIpc) is 2.67. The normalized spacial score (nSPS) is 10.3. The molecule has 0 radical (unpaired) electrons. The fraction of sp³-hybridized carbons (Fsp3) is 0.421. The molecule has 7 nitrogen and oxygen atoms in total. The van der Waals surface area contributed by atoms with E-state index in [2.05, 4.69) is 27.5 Å². The number of anilines is 2. The number of nitrogens with one attached hydrogen (secondary N) is 2. The van der Waals surface area contributed by atoms with Crippen molar-refractivity contribution in [3.8, 4) is 11.5 Å². The van der Waals surface area contributed by atoms with E-state index in [1.807, 2.05) is 0 Å². The molecular weight excluding hydrogens is 332 g/mol. The van der Waals surface area contributed by atoms with Gasteiger partial charge in [-0.1, -0.05) is 26.2 Å². The van der Waals surface area contributed by atoms with Crippen molar-refractivity contribution in [1.29, 1.82) is 0 Å². The second-order valence-electron chi connectivity index (χ2n) is 5.81. The van der Waals surface area contributed by atoms with Gasteiger partial charge in [-0.2, -0.15) is 0 Å². The Morgan fingerprint density at radius 1 is 1.08 bits per heavy atom. The van der Waals surface area contributed by atoms with Gasteiger partial charge in [0, 0.05) is 36.6 Å². The zero-order chi connectivity index (χ0) is 18.8. The van der Waals surface area contributed by atoms with E-state index in [-0.39, 0.29) is 5.91 Å². The SMILES string of the molecule is CCCCCCNC(=O)c1ccnc(Nc2cc(OC)cc(OC)c2)n1. The Kier molecular flexibility index (Phi) is 7.67. The van der Waals surface area contributed by atoms with Crippen LogP contribution in [0, 0.1) is 0 Å². The Balaban J connectivity index is 2.01. The van der Waals surface area contributed by atoms with Gasteiger partial charge in [-0.25, -0.2) is 9.97 Å². The van der Waals surface area contributed by atoms with Crippen LogP contribution in [0.15, 0.2) is 30.5 Å². The van der Waals surface area contributed by atoms with Gasteiger partial charge in [-0.05, 0) is 12.5 Å². The number of benzene rings is 1. The van der Waals surface area contributed by atoms with Crippen molar-refractivity contribution in [1.82, 2.24) is 15.3 Å². The van der Waals surface area contributed by atoms with Crippen LogP contribution in [0.4, 0.5) is 11.6 Å². The molecule has 0 atom stereocenters. The van der Waals surface area contributed by atoms with Gasteiger partial charge >= 0.3 is 0 Å². The molecule has 0 unspecified atom stereocenters. The van der Waals surface area contributed by atoms with Crippen molar-refractivity contribution in [3.63, 3.8) is 0 Å². The molecule has 2 N–H and O–H groups in total. The number of rotatable bonds is 10. The van der Waals surface area contributed by atoms with Crippen molar-refractivity contribution < 1.29 is 14.3 Å². The third-order valence-electron chi connectivity index (χ3n) is 3.81. The van der Waals surface area contributed by atoms with Gasteiger partial charge in [0.1, 0.15) is 17.2 Å². The number of hydrogen-bond acceptors (Lipinski definition) is 6. The standard InChI is InChI=1S/C19H26N4O3/c1-4-5-6-7-9-20-18(24)17-8-10-21-19(23-17)22-14-11-15(25-2)13-16(12-14)26-3/h8,10-13H,4-7,9H2,1-3H3,(H,20,24)(H,21,22,23). The van der Waals surface area contributed by atoms with E-state index in [9.17, 15) is 4.79 Å². The van der Waals surface area contributed by atoms with E-state index in [0.717, 1.165) is 12.8 Å². The molecule has 1 aromatic carbocycles. The van der Waals surface area contributed by atoms with E-state index < -0.39 is 0 Å². The third-order valence-corrected chi connectivity index (χ3v) is 3.81. The number of carbonyl (C=O) groups excluding carboxylic acids is 1. The first-order valence-electron chi connectivity index (χ1n) is 8.77. The summed E-state index contributed by atoms with van der Waals surface area (Å²) in [5, 5.41) is 5.96. The monoisotopic (exact) mass is 358 g/mol. The van der Waals surface area contributed by atoms with Crippen LogP contribution in [-0.4, -0.2) is 36.6 Å². The summed E-state index contributed by atoms with van der Waals surface area (Å²) >= 11 is 0. The predicted molar refractivity (Wildman–Crippen MR) is 101 cm³/mol. The second-order valence-corrected chi connectivity index (χ2v) is 5.81. The van der Waals surface area contributed by atoms with Gasteiger partial charge in [0.05, 0.1) is 14.2 Å². The number of amides is 1. The summed E-state index contributed by atoms with van der Waals surface area (Å²) in [7, 11) is 3.17. The Morgan fingerprint density at radius 3 is 2.46 bits per heavy atom. The lowest BCUT2D eigenvalue weighted by molar-refractivity contribution is 0.0948. The summed E-state index contributed by atoms with van der Waals surface area (Å²) in [4.78, 5) is 20.7. The number of methoxy groups -OCH3 is 2. The molecule has 0 aliphatic heterocycles. The number of unbranched alkanes of at least 4 members (excludes halogenated alkanes) is 3. The molecule has 1 heterocycles. The minimum Gasteiger partial charge on any atom is -0.497 e. The summed E-state index contributed by atoms with van der Waals surface area (Å²) in [6, 6.07) is 6.96. The van der Waals surface area contributed by atoms with Crippen LogP contribution in [0.2, 0.25) is 0 Å². The summed E-state index contributed by atoms with van der Waals surface area (Å²) < 4.78 is 10.5. The van der Waals surface area contributed by atoms with Gasteiger partial charge in [0.2, 0.25) is 5.95 Å². The van der Waals surface area contributed by atoms with Gasteiger partial charge < -0.3 is 20.1 Å². The van der Waals surface area contributed by atoms with Crippen LogP contribution in [0.3, 0.4) is 0 Å². The first-order chi connectivity index (χ1) is 12.7. The number of nitrogens with zero attached hydrogens (tertiary/aromatic N) is 2. The smallest absolute Gasteiger partial charge is 0.270 e. The van der Waals surface area contributed by atoms with E-state index >= 15 is 0 Å². The van der Waals surface area contributed by atoms with Gasteiger partial charge in [0.25, 0.3) is 5.91 Å². The van der Waals surface area contributed by atoms with E-state index in [1.54, 1.807) is 44.7 Å². The molecule has 7 heteroatoms. The molecule has 0 aliphatic rings. The number of ether oxygens (including phenoxy) is 2. The molecule has 0 fully saturated rings. The maximum absolute atomic E-state index is 12.2. The van der Waals surface area contributed by atoms with Crippen molar-refractivity contribution in [2.75, 3.05) is 26.1 Å². The average molecular weight is 358 g/mol. The molecule has 2 rings (SSSR count). The minimum absolute atomic E-state index is 0.199. The predicted octanol–water partition coefficient (Wildman–Crippen LogP) is 3.55. The summed E-state index contributed by atoms with van der Waals surface area (Å²) in [6.07, 6.45) is 5.99. The highest BCUT2D eigenvalue weighted by molar-refractivity contribution is 5.92. The van der Waals surface area contributed by atoms with Gasteiger partial charge in [0.15, 0.2) is 0 Å². The third kappa shape index (κ3) is 5.91. The first kappa shape index (κ1) is 19.5. The fourth-order valence-electron chi connectivity index (χ4n) is 2.40. The van der Waals surface area contributed by atoms with E-state index in [4.69, 9.17) is 9.47 Å². The number of hydrogen-bond donors (Lipinski definition) is 2. The molecule has 0 spiro atoms. The van der Waals surface area contributed by atoms with Gasteiger partial charge in [-0.3, -0.25) is 4.79 Å². The Bertz CT molecular complexity index is 699. The Hall–Kier alpha value is -2.83. The molecule has 26 heavy (non-hydrogen) atoms. The van der Waals surface area contributed by atoms with Crippen LogP contribution in [0.1, 0.15) is 43.1 Å². The summed E-state index contributed by atoms with van der Waals surface area (Å²) in [5.74, 6) is 1.43. The molecule has 0 saturated heterocycles. The molecule has 0 saturated carbocycles. The first-order valence-corrected chi connectivity index (χ1v) is 8.77. The maximum Gasteiger partial charge on any atom is 0.270 e. The van der Waals surface area contributed by atoms with Crippen LogP contribution < -0.4 is 20.1 Å². The molecule has 2 aromatic rings. The number of carbonyl (C=O) groups is 1. The lowest BCUT2D eigenvalue weighted by Crippen LogP contribution is -2.25. The Labute approximate surface area is 154 Å². The fourth-order valence-corrected chi connectivity index (χ4v) is 2.40. The van der Waals surface area contributed by atoms with E-state index in [0.29, 0.717) is 35.4 Å². The quantitative estimate of drug-likeness (QED) is 0.632. The molecule has 0 aliphatic carbocycles. The molecule has 1 aromatic heterocycles. The highest BCUT2D eigenvalue weighted by Gasteiger charge is 2.09. The molecule has 0 bridgehead atoms. The highest BCUT2D eigenvalue weighted by atomic mass is 16.5. The molecule has 1 amide bonds. The van der Waals surface area contributed by atoms with Crippen molar-refractivity contribution >= 4 is 17.5 Å². The largest absolute Gasteiger partial charge is 0.497 e. The second kappa shape index (κ2) is 10.2.